The van der Waals surface area contributed by atoms with E-state index in [1.807, 2.05) is 60.7 Å². The average molecular weight is 368 g/mol. The van der Waals surface area contributed by atoms with Crippen LogP contribution in [0.2, 0.25) is 0 Å². The molecule has 1 heterocycles. The van der Waals surface area contributed by atoms with Gasteiger partial charge >= 0.3 is 5.97 Å². The van der Waals surface area contributed by atoms with E-state index in [0.717, 1.165) is 35.0 Å². The number of carboxylic acid groups (broad SMARTS) is 1. The van der Waals surface area contributed by atoms with Crippen molar-refractivity contribution >= 4 is 28.2 Å². The van der Waals surface area contributed by atoms with E-state index < -0.39 is 5.97 Å². The first-order valence-electron chi connectivity index (χ1n) is 9.21. The molecule has 0 saturated heterocycles. The third-order valence-electron chi connectivity index (χ3n) is 4.76. The van der Waals surface area contributed by atoms with Gasteiger partial charge in [0.15, 0.2) is 0 Å². The van der Waals surface area contributed by atoms with Gasteiger partial charge in [0.2, 0.25) is 0 Å². The number of aryl methyl sites for hydroxylation is 2. The van der Waals surface area contributed by atoms with Crippen molar-refractivity contribution in [3.63, 3.8) is 0 Å². The lowest BCUT2D eigenvalue weighted by Gasteiger charge is -2.13. The van der Waals surface area contributed by atoms with Gasteiger partial charge in [0.05, 0.1) is 22.5 Å². The molecule has 0 atom stereocenters. The van der Waals surface area contributed by atoms with Crippen molar-refractivity contribution in [2.45, 2.75) is 12.8 Å². The Labute approximate surface area is 163 Å². The summed E-state index contributed by atoms with van der Waals surface area (Å²) < 4.78 is 0. The fraction of sp³-hybridized carbons (Fsp3) is 0.0833. The second kappa shape index (κ2) is 7.92. The molecule has 0 saturated carbocycles. The Morgan fingerprint density at radius 2 is 1.61 bits per heavy atom. The molecule has 0 radical (unpaired) electrons. The minimum atomic E-state index is -0.953. The van der Waals surface area contributed by atoms with E-state index in [1.165, 1.54) is 5.56 Å². The van der Waals surface area contributed by atoms with E-state index in [-0.39, 0.29) is 5.56 Å². The van der Waals surface area contributed by atoms with Gasteiger partial charge in [-0.15, -0.1) is 0 Å². The smallest absolute Gasteiger partial charge is 0.337 e. The molecule has 3 aromatic carbocycles. The van der Waals surface area contributed by atoms with Crippen LogP contribution in [0.5, 0.6) is 0 Å². The van der Waals surface area contributed by atoms with Crippen molar-refractivity contribution in [3.8, 4) is 0 Å². The maximum atomic E-state index is 11.7. The Balaban J connectivity index is 1.65. The molecule has 4 heteroatoms. The number of fused-ring (bicyclic) bond motifs is 1. The van der Waals surface area contributed by atoms with Crippen molar-refractivity contribution in [3.05, 3.63) is 102 Å². The molecular weight excluding hydrogens is 348 g/mol. The number of carbonyl (C=O) groups is 1. The van der Waals surface area contributed by atoms with Crippen LogP contribution in [-0.4, -0.2) is 16.1 Å². The predicted molar refractivity (Wildman–Crippen MR) is 112 cm³/mol. The predicted octanol–water partition coefficient (Wildman–Crippen LogP) is 5.46. The van der Waals surface area contributed by atoms with Gasteiger partial charge in [0, 0.05) is 11.6 Å². The maximum Gasteiger partial charge on any atom is 0.337 e. The topological polar surface area (TPSA) is 62.2 Å². The molecular formula is C24H20N2O2. The fourth-order valence-corrected chi connectivity index (χ4v) is 3.32. The zero-order valence-electron chi connectivity index (χ0n) is 15.3. The van der Waals surface area contributed by atoms with E-state index in [9.17, 15) is 9.90 Å². The summed E-state index contributed by atoms with van der Waals surface area (Å²) in [5.41, 5.74) is 4.78. The highest BCUT2D eigenvalue weighted by Crippen LogP contribution is 2.28. The second-order valence-corrected chi connectivity index (χ2v) is 6.68. The molecule has 1 aromatic heterocycles. The van der Waals surface area contributed by atoms with E-state index in [4.69, 9.17) is 0 Å². The van der Waals surface area contributed by atoms with Gasteiger partial charge in [0.1, 0.15) is 0 Å². The Hall–Kier alpha value is -3.66. The summed E-state index contributed by atoms with van der Waals surface area (Å²) in [5.74, 6) is -0.953. The van der Waals surface area contributed by atoms with Crippen LogP contribution in [0.3, 0.4) is 0 Å². The number of anilines is 2. The molecule has 138 valence electrons. The highest BCUT2D eigenvalue weighted by atomic mass is 16.4. The number of nitrogens with one attached hydrogen (secondary N) is 1. The van der Waals surface area contributed by atoms with Crippen molar-refractivity contribution in [2.75, 3.05) is 5.32 Å². The number of benzene rings is 3. The number of hydrogen-bond acceptors (Lipinski definition) is 3. The van der Waals surface area contributed by atoms with E-state index in [2.05, 4.69) is 22.4 Å². The van der Waals surface area contributed by atoms with Crippen LogP contribution in [0.25, 0.3) is 10.9 Å². The summed E-state index contributed by atoms with van der Waals surface area (Å²) in [6, 6.07) is 25.5. The lowest BCUT2D eigenvalue weighted by Crippen LogP contribution is -2.04. The summed E-state index contributed by atoms with van der Waals surface area (Å²) in [7, 11) is 0. The van der Waals surface area contributed by atoms with Crippen molar-refractivity contribution in [2.24, 2.45) is 0 Å². The SMILES string of the molecule is O=C(O)c1ccc(CCc2ccccc2)cc1Nc1cccc2cccnc12. The Kier molecular flexibility index (Phi) is 5.02. The lowest BCUT2D eigenvalue weighted by atomic mass is 10.0. The quantitative estimate of drug-likeness (QED) is 0.474. The van der Waals surface area contributed by atoms with Crippen molar-refractivity contribution in [1.29, 1.82) is 0 Å². The van der Waals surface area contributed by atoms with Gasteiger partial charge in [-0.3, -0.25) is 4.98 Å². The summed E-state index contributed by atoms with van der Waals surface area (Å²) in [4.78, 5) is 16.2. The number of carboxylic acids is 1. The summed E-state index contributed by atoms with van der Waals surface area (Å²) in [5, 5.41) is 13.9. The number of para-hydroxylation sites is 1. The fourth-order valence-electron chi connectivity index (χ4n) is 3.32. The largest absolute Gasteiger partial charge is 0.478 e. The van der Waals surface area contributed by atoms with Crippen LogP contribution in [0, 0.1) is 0 Å². The average Bonchev–Trinajstić information content (AvgIpc) is 2.73. The second-order valence-electron chi connectivity index (χ2n) is 6.68. The summed E-state index contributed by atoms with van der Waals surface area (Å²) in [6.07, 6.45) is 3.48. The summed E-state index contributed by atoms with van der Waals surface area (Å²) in [6.45, 7) is 0. The third-order valence-corrected chi connectivity index (χ3v) is 4.76. The van der Waals surface area contributed by atoms with Gasteiger partial charge in [-0.2, -0.15) is 0 Å². The molecule has 28 heavy (non-hydrogen) atoms. The normalized spacial score (nSPS) is 10.7. The number of pyridine rings is 1. The zero-order chi connectivity index (χ0) is 19.3. The van der Waals surface area contributed by atoms with Crippen LogP contribution in [0.4, 0.5) is 11.4 Å². The molecule has 0 aliphatic carbocycles. The standard InChI is InChI=1S/C24H20N2O2/c27-24(28)20-14-13-18(12-11-17-6-2-1-3-7-17)16-22(20)26-21-10-4-8-19-9-5-15-25-23(19)21/h1-10,13-16,26H,11-12H2,(H,27,28). The van der Waals surface area contributed by atoms with Crippen LogP contribution >= 0.6 is 0 Å². The number of hydrogen-bond donors (Lipinski definition) is 2. The Morgan fingerprint density at radius 3 is 2.43 bits per heavy atom. The van der Waals surface area contributed by atoms with Gasteiger partial charge in [-0.25, -0.2) is 4.79 Å². The molecule has 0 spiro atoms. The molecule has 0 aliphatic rings. The van der Waals surface area contributed by atoms with Crippen LogP contribution < -0.4 is 5.32 Å². The van der Waals surface area contributed by atoms with Crippen LogP contribution in [0.15, 0.2) is 85.1 Å². The highest BCUT2D eigenvalue weighted by Gasteiger charge is 2.12. The van der Waals surface area contributed by atoms with Crippen molar-refractivity contribution in [1.82, 2.24) is 4.98 Å². The number of aromatic nitrogens is 1. The summed E-state index contributed by atoms with van der Waals surface area (Å²) >= 11 is 0. The Morgan fingerprint density at radius 1 is 0.821 bits per heavy atom. The van der Waals surface area contributed by atoms with Gasteiger partial charge in [-0.1, -0.05) is 54.6 Å². The van der Waals surface area contributed by atoms with Gasteiger partial charge < -0.3 is 10.4 Å². The minimum absolute atomic E-state index is 0.247. The van der Waals surface area contributed by atoms with E-state index in [0.29, 0.717) is 5.69 Å². The Bertz CT molecular complexity index is 1120. The van der Waals surface area contributed by atoms with Gasteiger partial charge in [0.25, 0.3) is 0 Å². The number of nitrogens with zero attached hydrogens (tertiary/aromatic N) is 1. The zero-order valence-corrected chi connectivity index (χ0v) is 15.3. The monoisotopic (exact) mass is 368 g/mol. The first-order valence-corrected chi connectivity index (χ1v) is 9.21. The maximum absolute atomic E-state index is 11.7. The van der Waals surface area contributed by atoms with Gasteiger partial charge in [-0.05, 0) is 48.2 Å². The van der Waals surface area contributed by atoms with E-state index in [1.54, 1.807) is 12.3 Å². The minimum Gasteiger partial charge on any atom is -0.478 e. The lowest BCUT2D eigenvalue weighted by molar-refractivity contribution is 0.0698. The number of aromatic carboxylic acids is 1. The molecule has 0 fully saturated rings. The first kappa shape index (κ1) is 17.7. The van der Waals surface area contributed by atoms with Crippen LogP contribution in [-0.2, 0) is 12.8 Å². The molecule has 0 amide bonds. The molecule has 0 bridgehead atoms. The van der Waals surface area contributed by atoms with Crippen LogP contribution in [0.1, 0.15) is 21.5 Å². The third kappa shape index (κ3) is 3.86. The molecule has 0 unspecified atom stereocenters. The highest BCUT2D eigenvalue weighted by molar-refractivity contribution is 5.98. The molecule has 4 aromatic rings. The molecule has 4 nitrogen and oxygen atoms in total. The van der Waals surface area contributed by atoms with E-state index >= 15 is 0 Å². The molecule has 0 aliphatic heterocycles. The number of rotatable bonds is 6. The first-order chi connectivity index (χ1) is 13.7. The molecule has 2 N–H and O–H groups in total. The molecule has 4 rings (SSSR count). The van der Waals surface area contributed by atoms with Crippen molar-refractivity contribution < 1.29 is 9.90 Å².